The van der Waals surface area contributed by atoms with E-state index in [1.807, 2.05) is 0 Å². The zero-order valence-corrected chi connectivity index (χ0v) is 8.00. The first-order chi connectivity index (χ1) is 6.68. The summed E-state index contributed by atoms with van der Waals surface area (Å²) in [4.78, 5) is 0. The van der Waals surface area contributed by atoms with Gasteiger partial charge in [-0.1, -0.05) is 12.2 Å². The fourth-order valence-corrected chi connectivity index (χ4v) is 4.93. The normalized spacial score (nSPS) is 61.0. The van der Waals surface area contributed by atoms with E-state index in [-0.39, 0.29) is 12.3 Å². The van der Waals surface area contributed by atoms with Gasteiger partial charge in [0.05, 0.1) is 0 Å². The Balaban J connectivity index is 1.81. The molecule has 0 amide bonds. The van der Waals surface area contributed by atoms with Gasteiger partial charge in [0.1, 0.15) is 0 Å². The summed E-state index contributed by atoms with van der Waals surface area (Å²) < 4.78 is 27.3. The molecule has 4 bridgehead atoms. The maximum absolute atomic E-state index is 13.7. The minimum absolute atomic E-state index is 0.155. The Labute approximate surface area is 82.4 Å². The standard InChI is InChI=1S/C12H14F2/c13-12(14)4-3-8-6-1-2-7-9(6)5-10(12)11(7)8/h1-2,6-11H,3-5H2. The van der Waals surface area contributed by atoms with Gasteiger partial charge in [-0.05, 0) is 42.4 Å². The topological polar surface area (TPSA) is 0 Å². The summed E-state index contributed by atoms with van der Waals surface area (Å²) in [7, 11) is 0. The van der Waals surface area contributed by atoms with E-state index in [0.717, 1.165) is 12.8 Å². The summed E-state index contributed by atoms with van der Waals surface area (Å²) in [5.74, 6) is 0.161. The molecule has 0 aromatic carbocycles. The quantitative estimate of drug-likeness (QED) is 0.522. The van der Waals surface area contributed by atoms with Gasteiger partial charge in [0.2, 0.25) is 0 Å². The molecule has 0 aromatic heterocycles. The number of hydrogen-bond acceptors (Lipinski definition) is 0. The summed E-state index contributed by atoms with van der Waals surface area (Å²) in [5, 5.41) is 0. The molecule has 0 N–H and O–H groups in total. The van der Waals surface area contributed by atoms with Crippen molar-refractivity contribution < 1.29 is 8.78 Å². The lowest BCUT2D eigenvalue weighted by Crippen LogP contribution is -2.44. The van der Waals surface area contributed by atoms with Crippen molar-refractivity contribution in [2.75, 3.05) is 0 Å². The first kappa shape index (κ1) is 7.84. The van der Waals surface area contributed by atoms with E-state index in [1.54, 1.807) is 0 Å². The van der Waals surface area contributed by atoms with Crippen LogP contribution in [0.2, 0.25) is 0 Å². The maximum Gasteiger partial charge on any atom is 0.251 e. The van der Waals surface area contributed by atoms with Crippen molar-refractivity contribution in [1.82, 2.24) is 0 Å². The molecular weight excluding hydrogens is 182 g/mol. The van der Waals surface area contributed by atoms with E-state index < -0.39 is 5.92 Å². The Bertz CT molecular complexity index is 320. The smallest absolute Gasteiger partial charge is 0.207 e. The summed E-state index contributed by atoms with van der Waals surface area (Å²) in [5.41, 5.74) is 0. The Morgan fingerprint density at radius 2 is 1.86 bits per heavy atom. The first-order valence-electron chi connectivity index (χ1n) is 5.74. The average Bonchev–Trinajstić information content (AvgIpc) is 2.75. The fourth-order valence-electron chi connectivity index (χ4n) is 4.93. The Kier molecular flexibility index (Phi) is 1.16. The van der Waals surface area contributed by atoms with Gasteiger partial charge < -0.3 is 0 Å². The van der Waals surface area contributed by atoms with Crippen LogP contribution in [0.1, 0.15) is 19.3 Å². The highest BCUT2D eigenvalue weighted by molar-refractivity contribution is 5.24. The molecule has 76 valence electrons. The molecule has 3 saturated carbocycles. The van der Waals surface area contributed by atoms with E-state index >= 15 is 0 Å². The van der Waals surface area contributed by atoms with Crippen LogP contribution in [-0.4, -0.2) is 5.92 Å². The molecule has 0 spiro atoms. The van der Waals surface area contributed by atoms with Gasteiger partial charge in [-0.25, -0.2) is 8.78 Å². The van der Waals surface area contributed by atoms with Crippen molar-refractivity contribution in [3.8, 4) is 0 Å². The van der Waals surface area contributed by atoms with E-state index in [2.05, 4.69) is 12.2 Å². The van der Waals surface area contributed by atoms with Crippen LogP contribution in [-0.2, 0) is 0 Å². The van der Waals surface area contributed by atoms with Gasteiger partial charge in [0.15, 0.2) is 0 Å². The molecule has 3 fully saturated rings. The van der Waals surface area contributed by atoms with Gasteiger partial charge in [0.25, 0.3) is 5.92 Å². The Hall–Kier alpha value is -0.400. The number of hydrogen-bond donors (Lipinski definition) is 0. The summed E-state index contributed by atoms with van der Waals surface area (Å²) in [6, 6.07) is 0. The van der Waals surface area contributed by atoms with Crippen LogP contribution in [0, 0.1) is 35.5 Å². The van der Waals surface area contributed by atoms with E-state index in [0.29, 0.717) is 29.6 Å². The largest absolute Gasteiger partial charge is 0.251 e. The molecule has 0 aliphatic heterocycles. The Morgan fingerprint density at radius 1 is 1.07 bits per heavy atom. The minimum atomic E-state index is -2.34. The third-order valence-electron chi connectivity index (χ3n) is 5.32. The van der Waals surface area contributed by atoms with Crippen LogP contribution >= 0.6 is 0 Å². The number of fused-ring (bicyclic) bond motifs is 1. The second kappa shape index (κ2) is 2.07. The predicted molar refractivity (Wildman–Crippen MR) is 48.9 cm³/mol. The molecule has 4 aliphatic rings. The van der Waals surface area contributed by atoms with Gasteiger partial charge in [-0.3, -0.25) is 0 Å². The summed E-state index contributed by atoms with van der Waals surface area (Å²) in [6.07, 6.45) is 6.28. The fraction of sp³-hybridized carbons (Fsp3) is 0.833. The van der Waals surface area contributed by atoms with Crippen LogP contribution in [0.5, 0.6) is 0 Å². The van der Waals surface area contributed by atoms with Crippen molar-refractivity contribution in [3.05, 3.63) is 12.2 Å². The molecule has 6 atom stereocenters. The van der Waals surface area contributed by atoms with Crippen LogP contribution in [0.15, 0.2) is 12.2 Å². The van der Waals surface area contributed by atoms with Gasteiger partial charge >= 0.3 is 0 Å². The molecule has 0 radical (unpaired) electrons. The molecular formula is C12H14F2. The average molecular weight is 196 g/mol. The van der Waals surface area contributed by atoms with Gasteiger partial charge in [0, 0.05) is 12.3 Å². The molecule has 0 aromatic rings. The molecule has 4 rings (SSSR count). The third kappa shape index (κ3) is 0.655. The molecule has 0 saturated heterocycles. The molecule has 4 aliphatic carbocycles. The predicted octanol–water partition coefficient (Wildman–Crippen LogP) is 3.10. The molecule has 6 unspecified atom stereocenters. The highest BCUT2D eigenvalue weighted by Crippen LogP contribution is 2.69. The zero-order valence-electron chi connectivity index (χ0n) is 8.00. The lowest BCUT2D eigenvalue weighted by atomic mass is 9.63. The number of allylic oxidation sites excluding steroid dienone is 2. The first-order valence-corrected chi connectivity index (χ1v) is 5.74. The lowest BCUT2D eigenvalue weighted by Gasteiger charge is -2.44. The zero-order chi connectivity index (χ0) is 9.50. The Morgan fingerprint density at radius 3 is 2.64 bits per heavy atom. The van der Waals surface area contributed by atoms with Crippen molar-refractivity contribution in [2.45, 2.75) is 25.2 Å². The highest BCUT2D eigenvalue weighted by Gasteiger charge is 2.67. The summed E-state index contributed by atoms with van der Waals surface area (Å²) in [6.45, 7) is 0. The van der Waals surface area contributed by atoms with E-state index in [9.17, 15) is 8.78 Å². The molecule has 0 heterocycles. The second-order valence-corrected chi connectivity index (χ2v) is 5.59. The van der Waals surface area contributed by atoms with Crippen molar-refractivity contribution in [1.29, 1.82) is 0 Å². The van der Waals surface area contributed by atoms with E-state index in [4.69, 9.17) is 0 Å². The van der Waals surface area contributed by atoms with Gasteiger partial charge in [-0.2, -0.15) is 0 Å². The minimum Gasteiger partial charge on any atom is -0.207 e. The van der Waals surface area contributed by atoms with Crippen LogP contribution in [0.25, 0.3) is 0 Å². The van der Waals surface area contributed by atoms with Crippen LogP contribution in [0.4, 0.5) is 8.78 Å². The number of halogens is 2. The lowest BCUT2D eigenvalue weighted by molar-refractivity contribution is -0.131. The molecule has 14 heavy (non-hydrogen) atoms. The van der Waals surface area contributed by atoms with Crippen LogP contribution in [0.3, 0.4) is 0 Å². The summed E-state index contributed by atoms with van der Waals surface area (Å²) >= 11 is 0. The SMILES string of the molecule is FC1(F)CCC2C3C=CC4C3CC1C42. The second-order valence-electron chi connectivity index (χ2n) is 5.59. The highest BCUT2D eigenvalue weighted by atomic mass is 19.3. The van der Waals surface area contributed by atoms with E-state index in [1.165, 1.54) is 0 Å². The third-order valence-corrected chi connectivity index (χ3v) is 5.32. The van der Waals surface area contributed by atoms with Crippen molar-refractivity contribution in [3.63, 3.8) is 0 Å². The number of rotatable bonds is 0. The van der Waals surface area contributed by atoms with Crippen molar-refractivity contribution in [2.24, 2.45) is 35.5 Å². The molecule has 2 heteroatoms. The maximum atomic E-state index is 13.7. The van der Waals surface area contributed by atoms with Crippen LogP contribution < -0.4 is 0 Å². The number of alkyl halides is 2. The van der Waals surface area contributed by atoms with Crippen molar-refractivity contribution >= 4 is 0 Å². The monoisotopic (exact) mass is 196 g/mol. The molecule has 0 nitrogen and oxygen atoms in total. The van der Waals surface area contributed by atoms with Gasteiger partial charge in [-0.15, -0.1) is 0 Å².